The number of nitrogens with one attached hydrogen (secondary N) is 1. The van der Waals surface area contributed by atoms with E-state index in [4.69, 9.17) is 0 Å². The lowest BCUT2D eigenvalue weighted by Crippen LogP contribution is -2.44. The number of amides is 1. The fourth-order valence-corrected chi connectivity index (χ4v) is 3.80. The van der Waals surface area contributed by atoms with Crippen molar-refractivity contribution < 1.29 is 4.79 Å². The van der Waals surface area contributed by atoms with Crippen LogP contribution in [0.3, 0.4) is 0 Å². The van der Waals surface area contributed by atoms with E-state index in [1.807, 2.05) is 0 Å². The van der Waals surface area contributed by atoms with Crippen molar-refractivity contribution >= 4 is 5.91 Å². The number of nitrogens with zero attached hydrogens (tertiary/aromatic N) is 2. The van der Waals surface area contributed by atoms with E-state index < -0.39 is 0 Å². The van der Waals surface area contributed by atoms with Crippen LogP contribution in [0.1, 0.15) is 59.3 Å². The summed E-state index contributed by atoms with van der Waals surface area (Å²) in [5.41, 5.74) is -0.199. The maximum Gasteiger partial charge on any atom is 0.244 e. The van der Waals surface area contributed by atoms with Gasteiger partial charge >= 0.3 is 0 Å². The van der Waals surface area contributed by atoms with Crippen LogP contribution in [-0.2, 0) is 4.79 Å². The molecule has 2 aliphatic rings. The molecule has 1 atom stereocenters. The van der Waals surface area contributed by atoms with Crippen LogP contribution < -0.4 is 5.32 Å². The molecule has 20 heavy (non-hydrogen) atoms. The zero-order chi connectivity index (χ0) is 14.6. The normalized spacial score (nSPS) is 25.3. The van der Waals surface area contributed by atoms with Crippen LogP contribution in [0.5, 0.6) is 0 Å². The van der Waals surface area contributed by atoms with E-state index in [0.29, 0.717) is 5.91 Å². The van der Waals surface area contributed by atoms with E-state index in [2.05, 4.69) is 35.9 Å². The van der Waals surface area contributed by atoms with Gasteiger partial charge in [-0.2, -0.15) is 0 Å². The van der Waals surface area contributed by atoms with Crippen LogP contribution in [0.4, 0.5) is 0 Å². The predicted octanol–water partition coefficient (Wildman–Crippen LogP) is 2.20. The number of carbonyl (C=O) groups is 1. The zero-order valence-corrected chi connectivity index (χ0v) is 13.5. The quantitative estimate of drug-likeness (QED) is 0.777. The molecule has 0 bridgehead atoms. The van der Waals surface area contributed by atoms with Gasteiger partial charge in [-0.1, -0.05) is 33.6 Å². The Morgan fingerprint density at radius 1 is 1.25 bits per heavy atom. The smallest absolute Gasteiger partial charge is 0.244 e. The molecule has 1 spiro atoms. The molecule has 1 aliphatic heterocycles. The summed E-state index contributed by atoms with van der Waals surface area (Å²) in [6.07, 6.45) is 6.83. The molecule has 1 saturated heterocycles. The van der Waals surface area contributed by atoms with Gasteiger partial charge in [-0.3, -0.25) is 10.1 Å². The molecule has 1 heterocycles. The van der Waals surface area contributed by atoms with Gasteiger partial charge in [-0.25, -0.2) is 0 Å². The highest BCUT2D eigenvalue weighted by Gasteiger charge is 2.51. The van der Waals surface area contributed by atoms with Gasteiger partial charge in [0.05, 0.1) is 11.7 Å². The molecule has 1 N–H and O–H groups in total. The van der Waals surface area contributed by atoms with Crippen molar-refractivity contribution in [2.24, 2.45) is 0 Å². The van der Waals surface area contributed by atoms with Gasteiger partial charge in [-0.15, -0.1) is 0 Å². The van der Waals surface area contributed by atoms with E-state index in [1.54, 1.807) is 0 Å². The molecule has 1 saturated carbocycles. The van der Waals surface area contributed by atoms with Crippen molar-refractivity contribution in [2.75, 3.05) is 26.2 Å². The average Bonchev–Trinajstić information content (AvgIpc) is 3.04. The summed E-state index contributed by atoms with van der Waals surface area (Å²) in [6.45, 7) is 10.8. The molecule has 2 fully saturated rings. The van der Waals surface area contributed by atoms with Gasteiger partial charge in [0.15, 0.2) is 0 Å². The highest BCUT2D eigenvalue weighted by atomic mass is 16.2. The maximum absolute atomic E-state index is 12.8. The largest absolute Gasteiger partial charge is 0.326 e. The summed E-state index contributed by atoms with van der Waals surface area (Å²) >= 11 is 0. The van der Waals surface area contributed by atoms with Gasteiger partial charge in [-0.05, 0) is 45.3 Å². The van der Waals surface area contributed by atoms with Crippen molar-refractivity contribution in [1.82, 2.24) is 15.1 Å². The minimum absolute atomic E-state index is 0.199. The van der Waals surface area contributed by atoms with E-state index in [9.17, 15) is 4.79 Å². The molecule has 0 aromatic carbocycles. The summed E-state index contributed by atoms with van der Waals surface area (Å²) in [7, 11) is 0. The second-order valence-electron chi connectivity index (χ2n) is 6.24. The van der Waals surface area contributed by atoms with E-state index in [1.165, 1.54) is 12.8 Å². The van der Waals surface area contributed by atoms with Crippen LogP contribution in [0.2, 0.25) is 0 Å². The third-order valence-electron chi connectivity index (χ3n) is 5.10. The van der Waals surface area contributed by atoms with Gasteiger partial charge in [0.2, 0.25) is 5.91 Å². The fraction of sp³-hybridized carbons (Fsp3) is 0.938. The third-order valence-corrected chi connectivity index (χ3v) is 5.10. The first-order valence-corrected chi connectivity index (χ1v) is 8.48. The molecule has 116 valence electrons. The fourth-order valence-electron chi connectivity index (χ4n) is 3.80. The highest BCUT2D eigenvalue weighted by molar-refractivity contribution is 5.89. The highest BCUT2D eigenvalue weighted by Crippen LogP contribution is 2.36. The van der Waals surface area contributed by atoms with E-state index in [-0.39, 0.29) is 11.7 Å². The Labute approximate surface area is 123 Å². The Kier molecular flexibility index (Phi) is 5.44. The molecule has 1 amide bonds. The molecule has 2 rings (SSSR count). The minimum atomic E-state index is -0.199. The SMILES string of the molecule is CCC1NC2(CCCC2)C(=O)N1CCCN(CC)CC. The van der Waals surface area contributed by atoms with Gasteiger partial charge < -0.3 is 9.80 Å². The first kappa shape index (κ1) is 15.8. The molecule has 0 aromatic heterocycles. The Bertz CT molecular complexity index is 322. The maximum atomic E-state index is 12.8. The monoisotopic (exact) mass is 281 g/mol. The number of hydrogen-bond acceptors (Lipinski definition) is 3. The zero-order valence-electron chi connectivity index (χ0n) is 13.5. The van der Waals surface area contributed by atoms with Crippen LogP contribution in [0.15, 0.2) is 0 Å². The lowest BCUT2D eigenvalue weighted by Gasteiger charge is -2.25. The molecule has 1 aliphatic carbocycles. The first-order valence-electron chi connectivity index (χ1n) is 8.48. The van der Waals surface area contributed by atoms with Crippen molar-refractivity contribution in [1.29, 1.82) is 0 Å². The van der Waals surface area contributed by atoms with Gasteiger partial charge in [0.25, 0.3) is 0 Å². The molecule has 0 radical (unpaired) electrons. The Balaban J connectivity index is 1.90. The molecule has 4 heteroatoms. The summed E-state index contributed by atoms with van der Waals surface area (Å²) in [4.78, 5) is 17.3. The second kappa shape index (κ2) is 6.90. The topological polar surface area (TPSA) is 35.6 Å². The summed E-state index contributed by atoms with van der Waals surface area (Å²) < 4.78 is 0. The predicted molar refractivity (Wildman–Crippen MR) is 82.5 cm³/mol. The van der Waals surface area contributed by atoms with Crippen LogP contribution in [-0.4, -0.2) is 53.6 Å². The Hall–Kier alpha value is -0.610. The van der Waals surface area contributed by atoms with Crippen molar-refractivity contribution in [3.63, 3.8) is 0 Å². The second-order valence-corrected chi connectivity index (χ2v) is 6.24. The summed E-state index contributed by atoms with van der Waals surface area (Å²) in [5, 5.41) is 3.64. The molecule has 4 nitrogen and oxygen atoms in total. The van der Waals surface area contributed by atoms with E-state index in [0.717, 1.165) is 51.9 Å². The van der Waals surface area contributed by atoms with Crippen molar-refractivity contribution in [3.05, 3.63) is 0 Å². The molecular weight excluding hydrogens is 250 g/mol. The Morgan fingerprint density at radius 2 is 1.90 bits per heavy atom. The van der Waals surface area contributed by atoms with Crippen LogP contribution in [0, 0.1) is 0 Å². The molecule has 0 aromatic rings. The first-order chi connectivity index (χ1) is 9.66. The van der Waals surface area contributed by atoms with Crippen molar-refractivity contribution in [2.45, 2.75) is 71.0 Å². The van der Waals surface area contributed by atoms with Gasteiger partial charge in [0.1, 0.15) is 0 Å². The lowest BCUT2D eigenvalue weighted by molar-refractivity contribution is -0.133. The standard InChI is InChI=1S/C16H31N3O/c1-4-14-17-16(10-7-8-11-16)15(20)19(14)13-9-12-18(5-2)6-3/h14,17H,4-13H2,1-3H3. The number of carbonyl (C=O) groups excluding carboxylic acids is 1. The average molecular weight is 281 g/mol. The van der Waals surface area contributed by atoms with Crippen LogP contribution in [0.25, 0.3) is 0 Å². The minimum Gasteiger partial charge on any atom is -0.326 e. The van der Waals surface area contributed by atoms with E-state index >= 15 is 0 Å². The number of rotatable bonds is 7. The third kappa shape index (κ3) is 3.01. The lowest BCUT2D eigenvalue weighted by atomic mass is 9.98. The van der Waals surface area contributed by atoms with Gasteiger partial charge in [0, 0.05) is 6.54 Å². The summed E-state index contributed by atoms with van der Waals surface area (Å²) in [5.74, 6) is 0.376. The number of hydrogen-bond donors (Lipinski definition) is 1. The van der Waals surface area contributed by atoms with Crippen LogP contribution >= 0.6 is 0 Å². The summed E-state index contributed by atoms with van der Waals surface area (Å²) in [6, 6.07) is 0. The van der Waals surface area contributed by atoms with Crippen molar-refractivity contribution in [3.8, 4) is 0 Å². The molecule has 1 unspecified atom stereocenters. The molecular formula is C16H31N3O. The Morgan fingerprint density at radius 3 is 2.45 bits per heavy atom.